The van der Waals surface area contributed by atoms with Crippen molar-refractivity contribution in [2.75, 3.05) is 39.2 Å². The zero-order valence-corrected chi connectivity index (χ0v) is 34.8. The van der Waals surface area contributed by atoms with Crippen molar-refractivity contribution < 1.29 is 42.2 Å². The fourth-order valence-electron chi connectivity index (χ4n) is 4.25. The summed E-state index contributed by atoms with van der Waals surface area (Å²) in [6.07, 6.45) is 1.66. The predicted octanol–water partition coefficient (Wildman–Crippen LogP) is 5.84. The van der Waals surface area contributed by atoms with Gasteiger partial charge in [-0.3, -0.25) is 13.9 Å². The van der Waals surface area contributed by atoms with E-state index in [1.54, 1.807) is 20.8 Å². The Labute approximate surface area is 314 Å². The fourth-order valence-corrected chi connectivity index (χ4v) is 5.16. The number of carbonyl (C=O) groups excluding carboxylic acids is 1. The molecule has 0 saturated carbocycles. The minimum atomic E-state index is -3.28. The Morgan fingerprint density at radius 1 is 0.827 bits per heavy atom. The molecule has 1 saturated heterocycles. The van der Waals surface area contributed by atoms with Crippen molar-refractivity contribution in [3.8, 4) is 11.5 Å². The standard InChI is InChI=1S/C22H30O5.C7H13NO.C6H13N.C5H12O3S/c1-4-18(24)14-26-20-9-5-16(6-10-20)22(2,3)17-7-11-21(12-8-17)27-15-19(25)13-23;1-5-6(9)8-7(2,3)4;1-6(2,3)7-4-5-7;1-5(2,3)8-9(4,6)7/h5-12,18-19,23-25H,4,13-15H2,1-3H3;5H,1H2,2-4H3,(H,8,9);4-5H2,1-3H3;1-4H3. The van der Waals surface area contributed by atoms with E-state index in [2.05, 4.69) is 55.6 Å². The molecule has 0 radical (unpaired) electrons. The number of ether oxygens (including phenoxy) is 2. The van der Waals surface area contributed by atoms with E-state index in [4.69, 9.17) is 14.6 Å². The van der Waals surface area contributed by atoms with Gasteiger partial charge in [-0.05, 0) is 110 Å². The van der Waals surface area contributed by atoms with Gasteiger partial charge in [0.15, 0.2) is 0 Å². The lowest BCUT2D eigenvalue weighted by molar-refractivity contribution is -0.117. The number of aliphatic hydroxyl groups is 3. The third kappa shape index (κ3) is 23.5. The van der Waals surface area contributed by atoms with Crippen LogP contribution >= 0.6 is 0 Å². The Morgan fingerprint density at radius 3 is 1.44 bits per heavy atom. The van der Waals surface area contributed by atoms with Crippen molar-refractivity contribution in [1.29, 1.82) is 0 Å². The first-order valence-corrected chi connectivity index (χ1v) is 19.5. The maximum Gasteiger partial charge on any atom is 0.264 e. The highest BCUT2D eigenvalue weighted by Gasteiger charge is 2.29. The average molecular weight is 753 g/mol. The maximum atomic E-state index is 10.6. The number of benzene rings is 2. The van der Waals surface area contributed by atoms with Crippen LogP contribution in [0.1, 0.15) is 101 Å². The molecule has 0 spiro atoms. The van der Waals surface area contributed by atoms with Gasteiger partial charge in [-0.2, -0.15) is 8.42 Å². The average Bonchev–Trinajstić information content (AvgIpc) is 3.88. The van der Waals surface area contributed by atoms with Gasteiger partial charge >= 0.3 is 0 Å². The number of aliphatic hydroxyl groups excluding tert-OH is 3. The highest BCUT2D eigenvalue weighted by Crippen LogP contribution is 2.33. The van der Waals surface area contributed by atoms with Crippen molar-refractivity contribution in [3.63, 3.8) is 0 Å². The molecule has 2 unspecified atom stereocenters. The summed E-state index contributed by atoms with van der Waals surface area (Å²) in [5.41, 5.74) is 1.77. The summed E-state index contributed by atoms with van der Waals surface area (Å²) in [6, 6.07) is 15.7. The third-order valence-corrected chi connectivity index (χ3v) is 8.00. The number of nitrogens with zero attached hydrogens (tertiary/aromatic N) is 1. The number of rotatable bonds is 12. The highest BCUT2D eigenvalue weighted by molar-refractivity contribution is 7.86. The van der Waals surface area contributed by atoms with E-state index < -0.39 is 27.9 Å². The molecular formula is C40H68N2O9S. The van der Waals surface area contributed by atoms with Crippen LogP contribution in [0.2, 0.25) is 0 Å². The van der Waals surface area contributed by atoms with Crippen molar-refractivity contribution >= 4 is 16.0 Å². The zero-order valence-electron chi connectivity index (χ0n) is 33.9. The molecule has 3 rings (SSSR count). The minimum absolute atomic E-state index is 0.0629. The van der Waals surface area contributed by atoms with Crippen LogP contribution in [0.3, 0.4) is 0 Å². The van der Waals surface area contributed by atoms with E-state index in [-0.39, 0.29) is 30.1 Å². The third-order valence-electron chi connectivity index (χ3n) is 7.20. The van der Waals surface area contributed by atoms with Gasteiger partial charge in [0.1, 0.15) is 30.8 Å². The monoisotopic (exact) mass is 752 g/mol. The lowest BCUT2D eigenvalue weighted by Gasteiger charge is -2.26. The van der Waals surface area contributed by atoms with Gasteiger partial charge in [0.2, 0.25) is 5.91 Å². The Morgan fingerprint density at radius 2 is 1.23 bits per heavy atom. The van der Waals surface area contributed by atoms with E-state index in [9.17, 15) is 23.4 Å². The molecule has 12 heteroatoms. The van der Waals surface area contributed by atoms with Gasteiger partial charge in [-0.25, -0.2) is 0 Å². The molecule has 1 fully saturated rings. The smallest absolute Gasteiger partial charge is 0.264 e. The summed E-state index contributed by atoms with van der Waals surface area (Å²) in [5, 5.41) is 30.5. The molecule has 1 heterocycles. The first-order chi connectivity index (χ1) is 23.6. The Hall–Kier alpha value is -3.00. The topological polar surface area (TPSA) is 155 Å². The van der Waals surface area contributed by atoms with Crippen molar-refractivity contribution in [2.24, 2.45) is 0 Å². The van der Waals surface area contributed by atoms with Crippen LogP contribution in [-0.4, -0.2) is 103 Å². The summed E-state index contributed by atoms with van der Waals surface area (Å²) in [4.78, 5) is 13.0. The first-order valence-electron chi connectivity index (χ1n) is 17.7. The second kappa shape index (κ2) is 21.6. The Balaban J connectivity index is 0.000000840. The molecule has 1 amide bonds. The number of carbonyl (C=O) groups is 1. The molecule has 2 aromatic carbocycles. The Kier molecular flexibility index (Phi) is 20.4. The summed E-state index contributed by atoms with van der Waals surface area (Å²) < 4.78 is 36.5. The molecule has 0 aliphatic carbocycles. The lowest BCUT2D eigenvalue weighted by atomic mass is 9.78. The molecular weight excluding hydrogens is 685 g/mol. The molecule has 52 heavy (non-hydrogen) atoms. The lowest BCUT2D eigenvalue weighted by Crippen LogP contribution is -2.39. The van der Waals surface area contributed by atoms with E-state index in [1.807, 2.05) is 76.2 Å². The number of hydrogen-bond acceptors (Lipinski definition) is 10. The minimum Gasteiger partial charge on any atom is -0.491 e. The van der Waals surface area contributed by atoms with Crippen LogP contribution in [0, 0.1) is 0 Å². The van der Waals surface area contributed by atoms with Crippen LogP contribution in [0.25, 0.3) is 0 Å². The van der Waals surface area contributed by atoms with Crippen LogP contribution in [0.5, 0.6) is 11.5 Å². The summed E-state index contributed by atoms with van der Waals surface area (Å²) >= 11 is 0. The van der Waals surface area contributed by atoms with Crippen molar-refractivity contribution in [1.82, 2.24) is 10.2 Å². The highest BCUT2D eigenvalue weighted by atomic mass is 32.2. The molecule has 4 N–H and O–H groups in total. The second-order valence-electron chi connectivity index (χ2n) is 16.2. The van der Waals surface area contributed by atoms with Gasteiger partial charge in [-0.1, -0.05) is 51.6 Å². The van der Waals surface area contributed by atoms with Crippen LogP contribution in [0.15, 0.2) is 61.2 Å². The van der Waals surface area contributed by atoms with Gasteiger partial charge < -0.3 is 30.1 Å². The number of nitrogens with one attached hydrogen (secondary N) is 1. The van der Waals surface area contributed by atoms with Crippen LogP contribution in [-0.2, 0) is 24.5 Å². The van der Waals surface area contributed by atoms with E-state index in [1.165, 1.54) is 19.2 Å². The SMILES string of the molecule is C=CC(=O)NC(C)(C)C.CC(C)(C)N1CC1.CC(C)(C)OS(C)(=O)=O.CCC(O)COc1ccc(C(C)(C)c2ccc(OCC(O)CO)cc2)cc1. The van der Waals surface area contributed by atoms with Crippen molar-refractivity contribution in [2.45, 2.75) is 124 Å². The fraction of sp³-hybridized carbons (Fsp3) is 0.625. The largest absolute Gasteiger partial charge is 0.491 e. The van der Waals surface area contributed by atoms with Gasteiger partial charge in [0.25, 0.3) is 10.1 Å². The maximum absolute atomic E-state index is 10.6. The molecule has 0 bridgehead atoms. The van der Waals surface area contributed by atoms with E-state index >= 15 is 0 Å². The van der Waals surface area contributed by atoms with Crippen LogP contribution in [0.4, 0.5) is 0 Å². The molecule has 2 atom stereocenters. The molecule has 298 valence electrons. The predicted molar refractivity (Wildman–Crippen MR) is 210 cm³/mol. The van der Waals surface area contributed by atoms with E-state index in [0.717, 1.165) is 23.1 Å². The van der Waals surface area contributed by atoms with Gasteiger partial charge in [-0.15, -0.1) is 0 Å². The first kappa shape index (κ1) is 49.0. The summed E-state index contributed by atoms with van der Waals surface area (Å²) in [6.45, 7) is 29.8. The van der Waals surface area contributed by atoms with Gasteiger partial charge in [0, 0.05) is 29.6 Å². The molecule has 2 aromatic rings. The molecule has 1 aliphatic heterocycles. The number of amides is 1. The zero-order chi connectivity index (χ0) is 40.6. The van der Waals surface area contributed by atoms with Crippen LogP contribution < -0.4 is 14.8 Å². The number of hydrogen-bond donors (Lipinski definition) is 4. The summed E-state index contributed by atoms with van der Waals surface area (Å²) in [5.74, 6) is 1.27. The quantitative estimate of drug-likeness (QED) is 0.118. The second-order valence-corrected chi connectivity index (χ2v) is 17.8. The normalized spacial score (nSPS) is 14.5. The van der Waals surface area contributed by atoms with E-state index in [0.29, 0.717) is 24.3 Å². The Bertz CT molecular complexity index is 1360. The molecule has 11 nitrogen and oxygen atoms in total. The van der Waals surface area contributed by atoms with Gasteiger partial charge in [0.05, 0.1) is 24.6 Å². The molecule has 1 aliphatic rings. The summed E-state index contributed by atoms with van der Waals surface area (Å²) in [7, 11) is -3.28. The molecule has 0 aromatic heterocycles. The van der Waals surface area contributed by atoms with Crippen molar-refractivity contribution in [3.05, 3.63) is 72.3 Å².